The fourth-order valence-electron chi connectivity index (χ4n) is 2.86. The molecule has 0 aliphatic rings. The molecule has 0 amide bonds. The van der Waals surface area contributed by atoms with Gasteiger partial charge in [-0.1, -0.05) is 60.7 Å². The summed E-state index contributed by atoms with van der Waals surface area (Å²) in [5, 5.41) is 0. The van der Waals surface area contributed by atoms with Crippen LogP contribution in [-0.4, -0.2) is 9.97 Å². The average Bonchev–Trinajstić information content (AvgIpc) is 2.78. The third-order valence-electron chi connectivity index (χ3n) is 4.38. The van der Waals surface area contributed by atoms with E-state index < -0.39 is 0 Å². The summed E-state index contributed by atoms with van der Waals surface area (Å²) < 4.78 is 11.9. The van der Waals surface area contributed by atoms with E-state index in [1.165, 1.54) is 0 Å². The van der Waals surface area contributed by atoms with Crippen LogP contribution in [-0.2, 0) is 13.2 Å². The van der Waals surface area contributed by atoms with Crippen LogP contribution in [0.1, 0.15) is 11.1 Å². The third-order valence-corrected chi connectivity index (χ3v) is 4.38. The number of hydrogen-bond donors (Lipinski definition) is 1. The van der Waals surface area contributed by atoms with Crippen LogP contribution in [0.15, 0.2) is 91.1 Å². The van der Waals surface area contributed by atoms with Crippen molar-refractivity contribution in [1.82, 2.24) is 9.97 Å². The van der Waals surface area contributed by atoms with E-state index in [1.54, 1.807) is 12.3 Å². The topological polar surface area (TPSA) is 70.3 Å². The number of aromatic nitrogens is 2. The molecule has 2 aromatic heterocycles. The lowest BCUT2D eigenvalue weighted by molar-refractivity contribution is 0.268. The van der Waals surface area contributed by atoms with E-state index in [-0.39, 0.29) is 0 Å². The molecule has 5 nitrogen and oxygen atoms in total. The van der Waals surface area contributed by atoms with Crippen molar-refractivity contribution in [3.8, 4) is 22.9 Å². The predicted octanol–water partition coefficient (Wildman–Crippen LogP) is 4.88. The van der Waals surface area contributed by atoms with Gasteiger partial charge in [-0.05, 0) is 29.3 Å². The van der Waals surface area contributed by atoms with Gasteiger partial charge in [0.2, 0.25) is 11.8 Å². The van der Waals surface area contributed by atoms with E-state index in [2.05, 4.69) is 9.97 Å². The molecular weight excluding hydrogens is 362 g/mol. The zero-order chi connectivity index (χ0) is 19.9. The minimum atomic E-state index is 0.408. The van der Waals surface area contributed by atoms with Crippen LogP contribution in [0.5, 0.6) is 11.8 Å². The van der Waals surface area contributed by atoms with E-state index >= 15 is 0 Å². The molecule has 0 spiro atoms. The van der Waals surface area contributed by atoms with Crippen LogP contribution in [0.2, 0.25) is 0 Å². The first-order valence-corrected chi connectivity index (χ1v) is 9.34. The summed E-state index contributed by atoms with van der Waals surface area (Å²) in [4.78, 5) is 8.77. The van der Waals surface area contributed by atoms with E-state index in [4.69, 9.17) is 15.2 Å². The first kappa shape index (κ1) is 18.5. The Bertz CT molecular complexity index is 1050. The van der Waals surface area contributed by atoms with Gasteiger partial charge in [0.15, 0.2) is 0 Å². The van der Waals surface area contributed by atoms with Crippen molar-refractivity contribution in [3.05, 3.63) is 102 Å². The molecule has 0 fully saturated rings. The smallest absolute Gasteiger partial charge is 0.225 e. The monoisotopic (exact) mass is 383 g/mol. The minimum Gasteiger partial charge on any atom is -0.473 e. The van der Waals surface area contributed by atoms with E-state index in [9.17, 15) is 0 Å². The Morgan fingerprint density at radius 3 is 1.97 bits per heavy atom. The van der Waals surface area contributed by atoms with Crippen LogP contribution in [0.25, 0.3) is 11.1 Å². The van der Waals surface area contributed by atoms with Gasteiger partial charge in [-0.15, -0.1) is 0 Å². The summed E-state index contributed by atoms with van der Waals surface area (Å²) in [7, 11) is 0. The maximum absolute atomic E-state index is 6.05. The van der Waals surface area contributed by atoms with Crippen LogP contribution in [0.4, 0.5) is 5.82 Å². The lowest BCUT2D eigenvalue weighted by Gasteiger charge is -2.13. The fraction of sp³-hybridized carbons (Fsp3) is 0.0833. The van der Waals surface area contributed by atoms with E-state index in [0.717, 1.165) is 22.3 Å². The maximum Gasteiger partial charge on any atom is 0.225 e. The number of anilines is 1. The van der Waals surface area contributed by atoms with Crippen molar-refractivity contribution >= 4 is 5.82 Å². The lowest BCUT2D eigenvalue weighted by Crippen LogP contribution is -2.02. The quantitative estimate of drug-likeness (QED) is 0.492. The van der Waals surface area contributed by atoms with Crippen molar-refractivity contribution < 1.29 is 9.47 Å². The van der Waals surface area contributed by atoms with E-state index in [1.807, 2.05) is 78.9 Å². The zero-order valence-electron chi connectivity index (χ0n) is 15.9. The molecule has 0 bridgehead atoms. The largest absolute Gasteiger partial charge is 0.473 e. The van der Waals surface area contributed by atoms with Gasteiger partial charge in [-0.2, -0.15) is 4.98 Å². The highest BCUT2D eigenvalue weighted by molar-refractivity contribution is 5.69. The number of benzene rings is 2. The Hall–Kier alpha value is -3.86. The molecule has 0 radical (unpaired) electrons. The molecular formula is C24H21N3O2. The van der Waals surface area contributed by atoms with Crippen molar-refractivity contribution in [2.75, 3.05) is 5.73 Å². The fourth-order valence-corrected chi connectivity index (χ4v) is 2.86. The molecule has 2 aromatic carbocycles. The second kappa shape index (κ2) is 8.89. The highest BCUT2D eigenvalue weighted by atomic mass is 16.5. The molecule has 5 heteroatoms. The van der Waals surface area contributed by atoms with Gasteiger partial charge in [-0.3, -0.25) is 0 Å². The van der Waals surface area contributed by atoms with Crippen LogP contribution in [0.3, 0.4) is 0 Å². The van der Waals surface area contributed by atoms with E-state index in [0.29, 0.717) is 30.8 Å². The standard InChI is InChI=1S/C24H21N3O2/c25-22-13-11-20(15-26-22)21-12-14-23(28-16-18-7-3-1-4-8-18)27-24(21)29-17-19-9-5-2-6-10-19/h1-15H,16-17H2,(H2,25,26). The number of hydrogen-bond acceptors (Lipinski definition) is 5. The van der Waals surface area contributed by atoms with Gasteiger partial charge >= 0.3 is 0 Å². The van der Waals surface area contributed by atoms with Crippen molar-refractivity contribution in [2.45, 2.75) is 13.2 Å². The van der Waals surface area contributed by atoms with Gasteiger partial charge in [0, 0.05) is 23.4 Å². The van der Waals surface area contributed by atoms with Crippen molar-refractivity contribution in [2.24, 2.45) is 0 Å². The number of nitrogens with two attached hydrogens (primary N) is 1. The molecule has 0 atom stereocenters. The van der Waals surface area contributed by atoms with Crippen LogP contribution >= 0.6 is 0 Å². The number of ether oxygens (including phenoxy) is 2. The molecule has 2 heterocycles. The van der Waals surface area contributed by atoms with Crippen LogP contribution in [0, 0.1) is 0 Å². The Kier molecular flexibility index (Phi) is 5.67. The van der Waals surface area contributed by atoms with Gasteiger partial charge in [0.1, 0.15) is 19.0 Å². The summed E-state index contributed by atoms with van der Waals surface area (Å²) in [6.45, 7) is 0.847. The Morgan fingerprint density at radius 2 is 1.34 bits per heavy atom. The Balaban J connectivity index is 1.58. The van der Waals surface area contributed by atoms with Gasteiger partial charge < -0.3 is 15.2 Å². The van der Waals surface area contributed by atoms with Crippen molar-refractivity contribution in [1.29, 1.82) is 0 Å². The van der Waals surface area contributed by atoms with Crippen LogP contribution < -0.4 is 15.2 Å². The van der Waals surface area contributed by atoms with Gasteiger partial charge in [0.25, 0.3) is 0 Å². The number of nitrogen functional groups attached to an aromatic ring is 1. The Labute approximate surface area is 169 Å². The molecule has 29 heavy (non-hydrogen) atoms. The zero-order valence-corrected chi connectivity index (χ0v) is 15.9. The molecule has 2 N–H and O–H groups in total. The summed E-state index contributed by atoms with van der Waals surface area (Å²) >= 11 is 0. The summed E-state index contributed by atoms with van der Waals surface area (Å²) in [5.41, 5.74) is 9.57. The first-order chi connectivity index (χ1) is 14.3. The lowest BCUT2D eigenvalue weighted by atomic mass is 10.1. The summed E-state index contributed by atoms with van der Waals surface area (Å²) in [6.07, 6.45) is 1.71. The first-order valence-electron chi connectivity index (χ1n) is 9.34. The van der Waals surface area contributed by atoms with Gasteiger partial charge in [0.05, 0.1) is 0 Å². The summed E-state index contributed by atoms with van der Waals surface area (Å²) in [6, 6.07) is 27.4. The SMILES string of the molecule is Nc1ccc(-c2ccc(OCc3ccccc3)nc2OCc2ccccc2)cn1. The molecule has 0 saturated heterocycles. The Morgan fingerprint density at radius 1 is 0.690 bits per heavy atom. The number of nitrogens with zero attached hydrogens (tertiary/aromatic N) is 2. The summed E-state index contributed by atoms with van der Waals surface area (Å²) in [5.74, 6) is 1.46. The molecule has 0 aliphatic carbocycles. The maximum atomic E-state index is 6.05. The number of pyridine rings is 2. The second-order valence-electron chi connectivity index (χ2n) is 6.52. The molecule has 0 saturated carbocycles. The minimum absolute atomic E-state index is 0.408. The molecule has 0 unspecified atom stereocenters. The highest BCUT2D eigenvalue weighted by Crippen LogP contribution is 2.31. The normalized spacial score (nSPS) is 10.5. The number of rotatable bonds is 7. The molecule has 4 rings (SSSR count). The second-order valence-corrected chi connectivity index (χ2v) is 6.52. The third kappa shape index (κ3) is 4.90. The highest BCUT2D eigenvalue weighted by Gasteiger charge is 2.12. The predicted molar refractivity (Wildman–Crippen MR) is 113 cm³/mol. The van der Waals surface area contributed by atoms with Crippen molar-refractivity contribution in [3.63, 3.8) is 0 Å². The molecule has 4 aromatic rings. The molecule has 144 valence electrons. The molecule has 0 aliphatic heterocycles. The average molecular weight is 383 g/mol. The van der Waals surface area contributed by atoms with Gasteiger partial charge in [-0.25, -0.2) is 4.98 Å².